The van der Waals surface area contributed by atoms with Crippen molar-refractivity contribution in [3.8, 4) is 0 Å². The molecule has 1 fully saturated rings. The number of hydrogen-bond acceptors (Lipinski definition) is 4. The molecule has 1 saturated carbocycles. The van der Waals surface area contributed by atoms with Crippen LogP contribution < -0.4 is 16.2 Å². The van der Waals surface area contributed by atoms with Crippen LogP contribution in [0.4, 0.5) is 10.1 Å². The Bertz CT molecular complexity index is 1200. The average Bonchev–Trinajstić information content (AvgIpc) is 3.29. The predicted octanol–water partition coefficient (Wildman–Crippen LogP) is 3.17. The molecule has 3 aromatic rings. The summed E-state index contributed by atoms with van der Waals surface area (Å²) in [7, 11) is 0. The summed E-state index contributed by atoms with van der Waals surface area (Å²) in [6.07, 6.45) is 4.55. The predicted molar refractivity (Wildman–Crippen MR) is 120 cm³/mol. The third-order valence-electron chi connectivity index (χ3n) is 5.68. The molecule has 0 unspecified atom stereocenters. The van der Waals surface area contributed by atoms with Crippen LogP contribution in [-0.4, -0.2) is 27.4 Å². The minimum absolute atomic E-state index is 0.0488. The molecule has 4 rings (SSSR count). The van der Waals surface area contributed by atoms with E-state index in [1.165, 1.54) is 22.8 Å². The lowest BCUT2D eigenvalue weighted by atomic mass is 10.2. The maximum atomic E-state index is 13.9. The number of nitrogens with zero attached hydrogens (tertiary/aromatic N) is 2. The van der Waals surface area contributed by atoms with Crippen molar-refractivity contribution < 1.29 is 14.0 Å². The number of rotatable bonds is 7. The van der Waals surface area contributed by atoms with Gasteiger partial charge in [0.25, 0.3) is 5.56 Å². The molecule has 2 amide bonds. The molecule has 7 nitrogen and oxygen atoms in total. The van der Waals surface area contributed by atoms with Gasteiger partial charge in [0, 0.05) is 18.9 Å². The first kappa shape index (κ1) is 21.7. The first-order valence-electron chi connectivity index (χ1n) is 10.8. The van der Waals surface area contributed by atoms with Gasteiger partial charge in [0.2, 0.25) is 11.8 Å². The van der Waals surface area contributed by atoms with Crippen molar-refractivity contribution in [1.29, 1.82) is 0 Å². The Kier molecular flexibility index (Phi) is 6.58. The first-order valence-corrected chi connectivity index (χ1v) is 10.8. The highest BCUT2D eigenvalue weighted by Gasteiger charge is 2.19. The lowest BCUT2D eigenvalue weighted by Gasteiger charge is -2.14. The molecule has 1 aliphatic rings. The van der Waals surface area contributed by atoms with E-state index in [4.69, 9.17) is 0 Å². The minimum Gasteiger partial charge on any atom is -0.353 e. The van der Waals surface area contributed by atoms with E-state index in [0.717, 1.165) is 25.7 Å². The summed E-state index contributed by atoms with van der Waals surface area (Å²) < 4.78 is 15.2. The number of amides is 2. The number of hydrogen-bond donors (Lipinski definition) is 2. The summed E-state index contributed by atoms with van der Waals surface area (Å²) in [6.45, 7) is -0.294. The van der Waals surface area contributed by atoms with Crippen LogP contribution in [0.5, 0.6) is 0 Å². The van der Waals surface area contributed by atoms with Gasteiger partial charge >= 0.3 is 0 Å². The number of aromatic nitrogens is 2. The normalized spacial score (nSPS) is 13.9. The van der Waals surface area contributed by atoms with Gasteiger partial charge in [0.1, 0.15) is 18.1 Å². The maximum absolute atomic E-state index is 13.9. The van der Waals surface area contributed by atoms with Crippen LogP contribution in [0, 0.1) is 5.82 Å². The molecule has 0 bridgehead atoms. The van der Waals surface area contributed by atoms with Crippen LogP contribution in [-0.2, 0) is 22.6 Å². The van der Waals surface area contributed by atoms with E-state index >= 15 is 0 Å². The molecule has 32 heavy (non-hydrogen) atoms. The number of aryl methyl sites for hydroxylation is 1. The highest BCUT2D eigenvalue weighted by atomic mass is 19.1. The smallest absolute Gasteiger partial charge is 0.273 e. The van der Waals surface area contributed by atoms with Crippen molar-refractivity contribution in [1.82, 2.24) is 14.9 Å². The van der Waals surface area contributed by atoms with Crippen molar-refractivity contribution in [3.63, 3.8) is 0 Å². The Balaban J connectivity index is 1.54. The van der Waals surface area contributed by atoms with Gasteiger partial charge in [0.15, 0.2) is 0 Å². The molecule has 1 aliphatic carbocycles. The summed E-state index contributed by atoms with van der Waals surface area (Å²) in [4.78, 5) is 42.4. The standard InChI is InChI=1S/C24H25FN4O3/c25-17-9-3-4-10-18(17)28-23(31)15-29-21-12-6-5-11-19(21)27-20(24(29)32)13-14-22(30)26-16-7-1-2-8-16/h3-6,9-12,16H,1-2,7-8,13-15H2,(H,26,30)(H,28,31). The molecule has 0 aliphatic heterocycles. The Morgan fingerprint density at radius 2 is 1.75 bits per heavy atom. The zero-order chi connectivity index (χ0) is 22.5. The van der Waals surface area contributed by atoms with E-state index in [9.17, 15) is 18.8 Å². The van der Waals surface area contributed by atoms with Crippen LogP contribution in [0.1, 0.15) is 37.8 Å². The number of carbonyl (C=O) groups is 2. The van der Waals surface area contributed by atoms with Crippen LogP contribution in [0.15, 0.2) is 53.3 Å². The topological polar surface area (TPSA) is 93.1 Å². The summed E-state index contributed by atoms with van der Waals surface area (Å²) in [5.74, 6) is -1.18. The number of halogens is 1. The fourth-order valence-electron chi connectivity index (χ4n) is 4.06. The summed E-state index contributed by atoms with van der Waals surface area (Å²) >= 11 is 0. The Hall–Kier alpha value is -3.55. The van der Waals surface area contributed by atoms with Gasteiger partial charge in [-0.3, -0.25) is 19.0 Å². The van der Waals surface area contributed by atoms with E-state index < -0.39 is 17.3 Å². The van der Waals surface area contributed by atoms with Gasteiger partial charge in [-0.05, 0) is 37.1 Å². The minimum atomic E-state index is -0.554. The zero-order valence-electron chi connectivity index (χ0n) is 17.6. The Labute approximate surface area is 184 Å². The van der Waals surface area contributed by atoms with Crippen LogP contribution >= 0.6 is 0 Å². The van der Waals surface area contributed by atoms with Crippen molar-refractivity contribution in [2.45, 2.75) is 51.1 Å². The second-order valence-electron chi connectivity index (χ2n) is 8.02. The number of fused-ring (bicyclic) bond motifs is 1. The second kappa shape index (κ2) is 9.72. The van der Waals surface area contributed by atoms with E-state index in [1.54, 1.807) is 30.3 Å². The van der Waals surface area contributed by atoms with Gasteiger partial charge in [-0.15, -0.1) is 0 Å². The number of benzene rings is 2. The zero-order valence-corrected chi connectivity index (χ0v) is 17.6. The second-order valence-corrected chi connectivity index (χ2v) is 8.02. The largest absolute Gasteiger partial charge is 0.353 e. The van der Waals surface area contributed by atoms with Gasteiger partial charge < -0.3 is 10.6 Å². The number of para-hydroxylation sites is 3. The number of carbonyl (C=O) groups excluding carboxylic acids is 2. The molecule has 166 valence electrons. The average molecular weight is 436 g/mol. The fraction of sp³-hybridized carbons (Fsp3) is 0.333. The van der Waals surface area contributed by atoms with Crippen LogP contribution in [0.2, 0.25) is 0 Å². The molecule has 2 N–H and O–H groups in total. The van der Waals surface area contributed by atoms with E-state index in [1.807, 2.05) is 0 Å². The first-order chi connectivity index (χ1) is 15.5. The summed E-state index contributed by atoms with van der Waals surface area (Å²) in [5, 5.41) is 5.51. The molecule has 8 heteroatoms. The van der Waals surface area contributed by atoms with E-state index in [0.29, 0.717) is 11.0 Å². The monoisotopic (exact) mass is 436 g/mol. The SMILES string of the molecule is O=C(Cn1c(=O)c(CCC(=O)NC2CCCC2)nc2ccccc21)Nc1ccccc1F. The molecule has 0 saturated heterocycles. The van der Waals surface area contributed by atoms with E-state index in [2.05, 4.69) is 15.6 Å². The van der Waals surface area contributed by atoms with Crippen molar-refractivity contribution in [2.75, 3.05) is 5.32 Å². The Morgan fingerprint density at radius 1 is 1.03 bits per heavy atom. The van der Waals surface area contributed by atoms with Crippen molar-refractivity contribution in [2.24, 2.45) is 0 Å². The number of nitrogens with one attached hydrogen (secondary N) is 2. The maximum Gasteiger partial charge on any atom is 0.273 e. The molecule has 1 aromatic heterocycles. The summed E-state index contributed by atoms with van der Waals surface area (Å²) in [6, 6.07) is 13.1. The van der Waals surface area contributed by atoms with Gasteiger partial charge in [-0.2, -0.15) is 0 Å². The third-order valence-corrected chi connectivity index (χ3v) is 5.68. The van der Waals surface area contributed by atoms with Crippen LogP contribution in [0.3, 0.4) is 0 Å². The fourth-order valence-corrected chi connectivity index (χ4v) is 4.06. The molecule has 0 atom stereocenters. The highest BCUT2D eigenvalue weighted by Crippen LogP contribution is 2.18. The van der Waals surface area contributed by atoms with Crippen molar-refractivity contribution in [3.05, 3.63) is 70.4 Å². The molecule has 0 spiro atoms. The lowest BCUT2D eigenvalue weighted by molar-refractivity contribution is -0.121. The number of anilines is 1. The third kappa shape index (κ3) is 5.01. The Morgan fingerprint density at radius 3 is 2.53 bits per heavy atom. The summed E-state index contributed by atoms with van der Waals surface area (Å²) in [5.41, 5.74) is 0.898. The molecule has 2 aromatic carbocycles. The van der Waals surface area contributed by atoms with Gasteiger partial charge in [-0.1, -0.05) is 37.1 Å². The van der Waals surface area contributed by atoms with E-state index in [-0.39, 0.29) is 42.7 Å². The quantitative estimate of drug-likeness (QED) is 0.595. The van der Waals surface area contributed by atoms with Crippen molar-refractivity contribution >= 4 is 28.5 Å². The molecular formula is C24H25FN4O3. The molecule has 1 heterocycles. The highest BCUT2D eigenvalue weighted by molar-refractivity contribution is 5.91. The molecular weight excluding hydrogens is 411 g/mol. The van der Waals surface area contributed by atoms with Gasteiger partial charge in [0.05, 0.1) is 16.7 Å². The van der Waals surface area contributed by atoms with Crippen LogP contribution in [0.25, 0.3) is 11.0 Å². The lowest BCUT2D eigenvalue weighted by Crippen LogP contribution is -2.34. The molecule has 0 radical (unpaired) electrons. The van der Waals surface area contributed by atoms with Gasteiger partial charge in [-0.25, -0.2) is 9.37 Å².